The van der Waals surface area contributed by atoms with Crippen molar-refractivity contribution >= 4 is 5.91 Å². The topological polar surface area (TPSA) is 34.9 Å². The first kappa shape index (κ1) is 18.5. The quantitative estimate of drug-likeness (QED) is 0.746. The Morgan fingerprint density at radius 3 is 2.39 bits per heavy atom. The Morgan fingerprint density at radius 1 is 1.33 bits per heavy atom. The van der Waals surface area contributed by atoms with Gasteiger partial charge in [-0.1, -0.05) is 59.1 Å². The Morgan fingerprint density at radius 2 is 1.94 bits per heavy atom. The summed E-state index contributed by atoms with van der Waals surface area (Å²) in [6.07, 6.45) is 10.1. The molecule has 0 unspecified atom stereocenters. The van der Waals surface area contributed by atoms with Gasteiger partial charge in [0.15, 0.2) is 0 Å². The van der Waals surface area contributed by atoms with Crippen LogP contribution < -0.4 is 0 Å². The summed E-state index contributed by atoms with van der Waals surface area (Å²) < 4.78 is 1.44. The van der Waals surface area contributed by atoms with E-state index in [2.05, 4.69) is 18.1 Å². The van der Waals surface area contributed by atoms with Crippen LogP contribution in [0.3, 0.4) is 0 Å². The first-order valence-corrected chi connectivity index (χ1v) is 6.22. The summed E-state index contributed by atoms with van der Waals surface area (Å²) in [7, 11) is 0. The van der Waals surface area contributed by atoms with Gasteiger partial charge in [-0.25, -0.2) is 4.98 Å². The molecule has 0 saturated carbocycles. The monoisotopic (exact) mass is 248 g/mol. The molecule has 1 rings (SSSR count). The Hall–Kier alpha value is -1.90. The molecule has 0 aliphatic carbocycles. The zero-order chi connectivity index (χ0) is 14.4. The molecule has 3 heteroatoms. The van der Waals surface area contributed by atoms with E-state index in [9.17, 15) is 4.79 Å². The normalized spacial score (nSPS) is 8.67. The summed E-state index contributed by atoms with van der Waals surface area (Å²) in [5.74, 6) is -0.0405. The maximum Gasteiger partial charge on any atom is 0.236 e. The van der Waals surface area contributed by atoms with E-state index in [-0.39, 0.29) is 5.91 Å². The Bertz CT molecular complexity index is 362. The molecule has 0 aliphatic heterocycles. The van der Waals surface area contributed by atoms with Gasteiger partial charge in [0.25, 0.3) is 0 Å². The lowest BCUT2D eigenvalue weighted by Gasteiger charge is -1.99. The maximum absolute atomic E-state index is 11.5. The van der Waals surface area contributed by atoms with Gasteiger partial charge < -0.3 is 0 Å². The van der Waals surface area contributed by atoms with Crippen molar-refractivity contribution in [3.8, 4) is 0 Å². The average Bonchev–Trinajstić information content (AvgIpc) is 2.95. The zero-order valence-corrected chi connectivity index (χ0v) is 11.9. The number of rotatable bonds is 4. The number of imidazole rings is 1. The molecule has 0 saturated heterocycles. The number of nitrogens with zero attached hydrogens (tertiary/aromatic N) is 2. The van der Waals surface area contributed by atoms with Crippen molar-refractivity contribution in [3.05, 3.63) is 55.7 Å². The molecule has 0 aromatic carbocycles. The van der Waals surface area contributed by atoms with E-state index in [4.69, 9.17) is 0 Å². The third-order valence-electron chi connectivity index (χ3n) is 1.64. The number of hydrogen-bond donors (Lipinski definition) is 0. The largest absolute Gasteiger partial charge is 0.276 e. The van der Waals surface area contributed by atoms with Gasteiger partial charge in [-0.3, -0.25) is 9.36 Å². The average molecular weight is 248 g/mol. The minimum Gasteiger partial charge on any atom is -0.276 e. The van der Waals surface area contributed by atoms with Gasteiger partial charge in [0, 0.05) is 12.4 Å². The molecule has 18 heavy (non-hydrogen) atoms. The SMILES string of the molecule is C=C/C=C\C(=C)CC(=O)n1ccnc1.CC.CC. The van der Waals surface area contributed by atoms with Gasteiger partial charge in [0.2, 0.25) is 5.91 Å². The highest BCUT2D eigenvalue weighted by molar-refractivity contribution is 5.81. The molecule has 0 fully saturated rings. The number of hydrogen-bond acceptors (Lipinski definition) is 2. The fraction of sp³-hybridized carbons (Fsp3) is 0.333. The summed E-state index contributed by atoms with van der Waals surface area (Å²) in [5, 5.41) is 0. The fourth-order valence-electron chi connectivity index (χ4n) is 0.955. The van der Waals surface area contributed by atoms with Gasteiger partial charge >= 0.3 is 0 Å². The second kappa shape index (κ2) is 13.2. The number of carbonyl (C=O) groups excluding carboxylic acids is 1. The van der Waals surface area contributed by atoms with Gasteiger partial charge in [0.1, 0.15) is 6.33 Å². The molecule has 0 spiro atoms. The maximum atomic E-state index is 11.5. The molecule has 1 heterocycles. The van der Waals surface area contributed by atoms with E-state index in [0.717, 1.165) is 5.57 Å². The molecule has 100 valence electrons. The van der Waals surface area contributed by atoms with Crippen molar-refractivity contribution in [2.24, 2.45) is 0 Å². The third kappa shape index (κ3) is 8.28. The number of carbonyl (C=O) groups is 1. The fourth-order valence-corrected chi connectivity index (χ4v) is 0.955. The molecule has 0 amide bonds. The molecule has 1 aromatic heterocycles. The van der Waals surface area contributed by atoms with Crippen LogP contribution in [-0.2, 0) is 0 Å². The lowest BCUT2D eigenvalue weighted by Crippen LogP contribution is -2.07. The Labute approximate surface area is 111 Å². The highest BCUT2D eigenvalue weighted by Crippen LogP contribution is 2.03. The van der Waals surface area contributed by atoms with Crippen molar-refractivity contribution in [3.63, 3.8) is 0 Å². The number of allylic oxidation sites excluding steroid dienone is 4. The van der Waals surface area contributed by atoms with Crippen LogP contribution in [0.4, 0.5) is 0 Å². The smallest absolute Gasteiger partial charge is 0.236 e. The van der Waals surface area contributed by atoms with E-state index < -0.39 is 0 Å². The summed E-state index contributed by atoms with van der Waals surface area (Å²) in [5.41, 5.74) is 0.753. The second-order valence-corrected chi connectivity index (χ2v) is 2.79. The summed E-state index contributed by atoms with van der Waals surface area (Å²) in [6.45, 7) is 15.3. The molecule has 0 N–H and O–H groups in total. The number of aromatic nitrogens is 2. The van der Waals surface area contributed by atoms with Crippen LogP contribution in [-0.4, -0.2) is 15.5 Å². The molecule has 0 bridgehead atoms. The summed E-state index contributed by atoms with van der Waals surface area (Å²) in [4.78, 5) is 15.3. The van der Waals surface area contributed by atoms with Crippen molar-refractivity contribution in [1.29, 1.82) is 0 Å². The standard InChI is InChI=1S/C11H12N2O.2C2H6/c1-3-4-5-10(2)8-11(14)13-7-6-12-9-13;2*1-2/h3-7,9H,1-2,8H2;2*1-2H3/b5-4-;;. The first-order valence-electron chi connectivity index (χ1n) is 6.22. The van der Waals surface area contributed by atoms with Gasteiger partial charge in [-0.2, -0.15) is 0 Å². The van der Waals surface area contributed by atoms with Gasteiger partial charge in [-0.15, -0.1) is 0 Å². The van der Waals surface area contributed by atoms with Crippen LogP contribution in [0.1, 0.15) is 38.9 Å². The van der Waals surface area contributed by atoms with Gasteiger partial charge in [0.05, 0.1) is 6.42 Å². The van der Waals surface area contributed by atoms with E-state index >= 15 is 0 Å². The van der Waals surface area contributed by atoms with Gasteiger partial charge in [-0.05, 0) is 5.57 Å². The summed E-state index contributed by atoms with van der Waals surface area (Å²) >= 11 is 0. The highest BCUT2D eigenvalue weighted by Gasteiger charge is 2.03. The molecule has 1 aromatic rings. The lowest BCUT2D eigenvalue weighted by atomic mass is 10.2. The zero-order valence-electron chi connectivity index (χ0n) is 11.9. The van der Waals surface area contributed by atoms with Crippen LogP contribution in [0.25, 0.3) is 0 Å². The second-order valence-electron chi connectivity index (χ2n) is 2.79. The minimum absolute atomic E-state index is 0.0405. The third-order valence-corrected chi connectivity index (χ3v) is 1.64. The van der Waals surface area contributed by atoms with E-state index in [1.165, 1.54) is 10.9 Å². The van der Waals surface area contributed by atoms with Crippen molar-refractivity contribution < 1.29 is 4.79 Å². The molecule has 3 nitrogen and oxygen atoms in total. The van der Waals surface area contributed by atoms with Crippen LogP contribution >= 0.6 is 0 Å². The molecular weight excluding hydrogens is 224 g/mol. The van der Waals surface area contributed by atoms with E-state index in [0.29, 0.717) is 6.42 Å². The van der Waals surface area contributed by atoms with Crippen LogP contribution in [0.2, 0.25) is 0 Å². The summed E-state index contributed by atoms with van der Waals surface area (Å²) in [6, 6.07) is 0. The molecule has 0 radical (unpaired) electrons. The molecule has 0 aliphatic rings. The van der Waals surface area contributed by atoms with E-state index in [1.54, 1.807) is 30.6 Å². The van der Waals surface area contributed by atoms with E-state index in [1.807, 2.05) is 27.7 Å². The first-order chi connectivity index (χ1) is 8.74. The Balaban J connectivity index is 0. The predicted octanol–water partition coefficient (Wildman–Crippen LogP) is 4.26. The highest BCUT2D eigenvalue weighted by atomic mass is 16.2. The lowest BCUT2D eigenvalue weighted by molar-refractivity contribution is 0.0915. The minimum atomic E-state index is -0.0405. The predicted molar refractivity (Wildman–Crippen MR) is 78.6 cm³/mol. The Kier molecular flexibility index (Phi) is 13.5. The van der Waals surface area contributed by atoms with Crippen molar-refractivity contribution in [1.82, 2.24) is 9.55 Å². The van der Waals surface area contributed by atoms with Crippen LogP contribution in [0, 0.1) is 0 Å². The van der Waals surface area contributed by atoms with Crippen molar-refractivity contribution in [2.75, 3.05) is 0 Å². The van der Waals surface area contributed by atoms with Crippen LogP contribution in [0.15, 0.2) is 55.7 Å². The van der Waals surface area contributed by atoms with Crippen LogP contribution in [0.5, 0.6) is 0 Å². The molecule has 0 atom stereocenters. The van der Waals surface area contributed by atoms with Crippen molar-refractivity contribution in [2.45, 2.75) is 34.1 Å². The molecular formula is C15H24N2O.